The van der Waals surface area contributed by atoms with Crippen LogP contribution in [0.2, 0.25) is 0 Å². The SMILES string of the molecule is CC1(C)CC(O)C(=O)C1O. The Balaban J connectivity index is 2.81. The first-order valence-electron chi connectivity index (χ1n) is 3.35. The van der Waals surface area contributed by atoms with Crippen molar-refractivity contribution in [2.75, 3.05) is 0 Å². The molecular weight excluding hydrogens is 132 g/mol. The van der Waals surface area contributed by atoms with Crippen molar-refractivity contribution in [3.05, 3.63) is 0 Å². The number of carbonyl (C=O) groups is 1. The molecule has 0 heterocycles. The van der Waals surface area contributed by atoms with E-state index in [9.17, 15) is 9.90 Å². The van der Waals surface area contributed by atoms with Gasteiger partial charge < -0.3 is 10.2 Å². The minimum Gasteiger partial charge on any atom is -0.385 e. The molecule has 2 unspecified atom stereocenters. The van der Waals surface area contributed by atoms with Crippen molar-refractivity contribution in [2.24, 2.45) is 5.41 Å². The Hall–Kier alpha value is -0.410. The van der Waals surface area contributed by atoms with Gasteiger partial charge in [-0.3, -0.25) is 4.79 Å². The molecule has 2 atom stereocenters. The normalized spacial score (nSPS) is 38.6. The van der Waals surface area contributed by atoms with E-state index in [0.29, 0.717) is 6.42 Å². The molecule has 0 aromatic heterocycles. The molecule has 10 heavy (non-hydrogen) atoms. The van der Waals surface area contributed by atoms with Crippen LogP contribution in [0.1, 0.15) is 20.3 Å². The average molecular weight is 144 g/mol. The van der Waals surface area contributed by atoms with Gasteiger partial charge in [0.2, 0.25) is 0 Å². The lowest BCUT2D eigenvalue weighted by atomic mass is 9.89. The van der Waals surface area contributed by atoms with Crippen molar-refractivity contribution in [2.45, 2.75) is 32.5 Å². The molecule has 0 amide bonds. The molecule has 0 bridgehead atoms. The van der Waals surface area contributed by atoms with Crippen molar-refractivity contribution in [3.8, 4) is 0 Å². The lowest BCUT2D eigenvalue weighted by Crippen LogP contribution is -2.29. The summed E-state index contributed by atoms with van der Waals surface area (Å²) in [5.74, 6) is -0.440. The molecule has 3 heteroatoms. The standard InChI is InChI=1S/C7H12O3/c1-7(2)3-4(8)5(9)6(7)10/h4,6,8,10H,3H2,1-2H3. The van der Waals surface area contributed by atoms with Crippen LogP contribution in [0.3, 0.4) is 0 Å². The van der Waals surface area contributed by atoms with E-state index >= 15 is 0 Å². The van der Waals surface area contributed by atoms with Crippen LogP contribution in [-0.4, -0.2) is 28.2 Å². The summed E-state index contributed by atoms with van der Waals surface area (Å²) < 4.78 is 0. The van der Waals surface area contributed by atoms with Crippen molar-refractivity contribution in [3.63, 3.8) is 0 Å². The Labute approximate surface area is 59.7 Å². The molecule has 0 aliphatic heterocycles. The number of ketones is 1. The van der Waals surface area contributed by atoms with Crippen LogP contribution in [0.4, 0.5) is 0 Å². The van der Waals surface area contributed by atoms with Crippen molar-refractivity contribution >= 4 is 5.78 Å². The van der Waals surface area contributed by atoms with E-state index in [1.807, 2.05) is 0 Å². The van der Waals surface area contributed by atoms with Crippen LogP contribution in [-0.2, 0) is 4.79 Å². The maximum absolute atomic E-state index is 10.8. The topological polar surface area (TPSA) is 57.5 Å². The molecule has 3 nitrogen and oxygen atoms in total. The number of Topliss-reactive ketones (excluding diaryl/α,β-unsaturated/α-hetero) is 1. The van der Waals surface area contributed by atoms with Crippen molar-refractivity contribution in [1.29, 1.82) is 0 Å². The number of hydrogen-bond donors (Lipinski definition) is 2. The highest BCUT2D eigenvalue weighted by Crippen LogP contribution is 2.34. The van der Waals surface area contributed by atoms with Gasteiger partial charge in [0, 0.05) is 5.41 Å². The molecule has 0 radical (unpaired) electrons. The minimum atomic E-state index is -0.984. The van der Waals surface area contributed by atoms with Crippen molar-refractivity contribution < 1.29 is 15.0 Å². The van der Waals surface area contributed by atoms with Crippen LogP contribution in [0.5, 0.6) is 0 Å². The van der Waals surface area contributed by atoms with E-state index in [-0.39, 0.29) is 0 Å². The number of carbonyl (C=O) groups excluding carboxylic acids is 1. The second-order valence-electron chi connectivity index (χ2n) is 3.51. The molecule has 1 rings (SSSR count). The van der Waals surface area contributed by atoms with Gasteiger partial charge in [0.15, 0.2) is 5.78 Å². The molecular formula is C7H12O3. The summed E-state index contributed by atoms with van der Waals surface area (Å²) in [6.45, 7) is 3.54. The van der Waals surface area contributed by atoms with Crippen LogP contribution in [0, 0.1) is 5.41 Å². The first-order chi connectivity index (χ1) is 4.45. The Morgan fingerprint density at radius 2 is 2.00 bits per heavy atom. The van der Waals surface area contributed by atoms with Gasteiger partial charge in [0.25, 0.3) is 0 Å². The zero-order valence-corrected chi connectivity index (χ0v) is 6.16. The van der Waals surface area contributed by atoms with E-state index in [0.717, 1.165) is 0 Å². The summed E-state index contributed by atoms with van der Waals surface area (Å²) in [6, 6.07) is 0. The predicted octanol–water partition coefficient (Wildman–Crippen LogP) is -0.293. The predicted molar refractivity (Wildman–Crippen MR) is 35.4 cm³/mol. The maximum atomic E-state index is 10.8. The highest BCUT2D eigenvalue weighted by Gasteiger charge is 2.45. The molecule has 0 spiro atoms. The van der Waals surface area contributed by atoms with Crippen LogP contribution in [0.15, 0.2) is 0 Å². The number of aliphatic hydroxyl groups is 2. The molecule has 2 N–H and O–H groups in total. The molecule has 1 aliphatic carbocycles. The van der Waals surface area contributed by atoms with Crippen molar-refractivity contribution in [1.82, 2.24) is 0 Å². The van der Waals surface area contributed by atoms with E-state index < -0.39 is 23.4 Å². The first-order valence-corrected chi connectivity index (χ1v) is 3.35. The second kappa shape index (κ2) is 2.04. The van der Waals surface area contributed by atoms with E-state index in [4.69, 9.17) is 5.11 Å². The van der Waals surface area contributed by atoms with Gasteiger partial charge in [-0.05, 0) is 6.42 Å². The number of aliphatic hydroxyl groups excluding tert-OH is 2. The van der Waals surface area contributed by atoms with Gasteiger partial charge in [0.1, 0.15) is 12.2 Å². The Bertz CT molecular complexity index is 162. The summed E-state index contributed by atoms with van der Waals surface area (Å²) in [7, 11) is 0. The maximum Gasteiger partial charge on any atom is 0.190 e. The summed E-state index contributed by atoms with van der Waals surface area (Å²) in [5, 5.41) is 18.2. The molecule has 1 aliphatic rings. The van der Waals surface area contributed by atoms with Crippen LogP contribution >= 0.6 is 0 Å². The van der Waals surface area contributed by atoms with Crippen LogP contribution in [0.25, 0.3) is 0 Å². The lowest BCUT2D eigenvalue weighted by molar-refractivity contribution is -0.132. The molecule has 0 aromatic rings. The highest BCUT2D eigenvalue weighted by molar-refractivity contribution is 5.90. The van der Waals surface area contributed by atoms with Crippen LogP contribution < -0.4 is 0 Å². The second-order valence-corrected chi connectivity index (χ2v) is 3.51. The largest absolute Gasteiger partial charge is 0.385 e. The average Bonchev–Trinajstić information content (AvgIpc) is 1.95. The Kier molecular flexibility index (Phi) is 1.57. The summed E-state index contributed by atoms with van der Waals surface area (Å²) in [4.78, 5) is 10.8. The fourth-order valence-electron chi connectivity index (χ4n) is 1.28. The van der Waals surface area contributed by atoms with Gasteiger partial charge >= 0.3 is 0 Å². The summed E-state index contributed by atoms with van der Waals surface area (Å²) in [5.41, 5.74) is -0.448. The fourth-order valence-corrected chi connectivity index (χ4v) is 1.28. The Morgan fingerprint density at radius 1 is 1.50 bits per heavy atom. The first kappa shape index (κ1) is 7.69. The monoisotopic (exact) mass is 144 g/mol. The van der Waals surface area contributed by atoms with E-state index in [1.54, 1.807) is 13.8 Å². The zero-order chi connectivity index (χ0) is 7.94. The number of hydrogen-bond acceptors (Lipinski definition) is 3. The Morgan fingerprint density at radius 3 is 2.10 bits per heavy atom. The van der Waals surface area contributed by atoms with Gasteiger partial charge in [-0.2, -0.15) is 0 Å². The summed E-state index contributed by atoms with van der Waals surface area (Å²) in [6.07, 6.45) is -1.57. The third kappa shape index (κ3) is 0.954. The molecule has 0 aromatic carbocycles. The van der Waals surface area contributed by atoms with Gasteiger partial charge in [-0.25, -0.2) is 0 Å². The lowest BCUT2D eigenvalue weighted by Gasteiger charge is -2.19. The summed E-state index contributed by atoms with van der Waals surface area (Å²) >= 11 is 0. The quantitative estimate of drug-likeness (QED) is 0.491. The van der Waals surface area contributed by atoms with E-state index in [2.05, 4.69) is 0 Å². The fraction of sp³-hybridized carbons (Fsp3) is 0.857. The third-order valence-corrected chi connectivity index (χ3v) is 2.06. The van der Waals surface area contributed by atoms with Gasteiger partial charge in [-0.15, -0.1) is 0 Å². The molecule has 1 fully saturated rings. The zero-order valence-electron chi connectivity index (χ0n) is 6.16. The third-order valence-electron chi connectivity index (χ3n) is 2.06. The molecule has 0 saturated heterocycles. The highest BCUT2D eigenvalue weighted by atomic mass is 16.3. The molecule has 1 saturated carbocycles. The van der Waals surface area contributed by atoms with E-state index in [1.165, 1.54) is 0 Å². The smallest absolute Gasteiger partial charge is 0.190 e. The number of rotatable bonds is 0. The van der Waals surface area contributed by atoms with Gasteiger partial charge in [0.05, 0.1) is 0 Å². The molecule has 58 valence electrons. The minimum absolute atomic E-state index is 0.368. The van der Waals surface area contributed by atoms with Gasteiger partial charge in [-0.1, -0.05) is 13.8 Å².